The van der Waals surface area contributed by atoms with Gasteiger partial charge in [-0.3, -0.25) is 0 Å². The summed E-state index contributed by atoms with van der Waals surface area (Å²) >= 11 is 0. The van der Waals surface area contributed by atoms with Crippen molar-refractivity contribution in [2.24, 2.45) is 5.92 Å². The predicted molar refractivity (Wildman–Crippen MR) is 57.5 cm³/mol. The quantitative estimate of drug-likeness (QED) is 0.748. The Balaban J connectivity index is 2.45. The number of fused-ring (bicyclic) bond motifs is 1. The standard InChI is InChI=1S/C11H14N2O/c1-7(2)5-8-3-4-9-10(6-8)13-11(14)12-9/h3-4,6-7H,5H2,1-2H3,(H2,12,13,14). The van der Waals surface area contributed by atoms with Crippen LogP contribution in [0.15, 0.2) is 23.0 Å². The Labute approximate surface area is 82.2 Å². The van der Waals surface area contributed by atoms with E-state index in [2.05, 4.69) is 29.9 Å². The number of H-pyrrole nitrogens is 2. The highest BCUT2D eigenvalue weighted by Crippen LogP contribution is 2.13. The molecule has 0 saturated heterocycles. The third-order valence-electron chi connectivity index (χ3n) is 2.22. The summed E-state index contributed by atoms with van der Waals surface area (Å²) in [7, 11) is 0. The summed E-state index contributed by atoms with van der Waals surface area (Å²) in [4.78, 5) is 16.5. The van der Waals surface area contributed by atoms with E-state index in [0.29, 0.717) is 5.92 Å². The number of aromatic amines is 2. The third kappa shape index (κ3) is 1.71. The summed E-state index contributed by atoms with van der Waals surface area (Å²) in [6.45, 7) is 4.37. The van der Waals surface area contributed by atoms with Crippen LogP contribution in [0.5, 0.6) is 0 Å². The lowest BCUT2D eigenvalue weighted by atomic mass is 10.0. The molecule has 0 amide bonds. The highest BCUT2D eigenvalue weighted by molar-refractivity contribution is 5.74. The number of rotatable bonds is 2. The normalized spacial score (nSPS) is 11.4. The first kappa shape index (κ1) is 9.06. The van der Waals surface area contributed by atoms with Gasteiger partial charge in [0.25, 0.3) is 0 Å². The van der Waals surface area contributed by atoms with Gasteiger partial charge in [-0.25, -0.2) is 4.79 Å². The van der Waals surface area contributed by atoms with Crippen LogP contribution >= 0.6 is 0 Å². The molecule has 0 unspecified atom stereocenters. The van der Waals surface area contributed by atoms with E-state index in [1.165, 1.54) is 5.56 Å². The molecule has 2 N–H and O–H groups in total. The molecule has 3 nitrogen and oxygen atoms in total. The molecule has 0 aliphatic rings. The molecule has 0 spiro atoms. The van der Waals surface area contributed by atoms with Gasteiger partial charge in [0.2, 0.25) is 0 Å². The topological polar surface area (TPSA) is 48.6 Å². The smallest absolute Gasteiger partial charge is 0.306 e. The van der Waals surface area contributed by atoms with Gasteiger partial charge in [-0.05, 0) is 30.0 Å². The zero-order valence-electron chi connectivity index (χ0n) is 8.42. The molecule has 2 rings (SSSR count). The Morgan fingerprint density at radius 1 is 1.21 bits per heavy atom. The lowest BCUT2D eigenvalue weighted by Crippen LogP contribution is -1.99. The van der Waals surface area contributed by atoms with Crippen LogP contribution in [0.1, 0.15) is 19.4 Å². The van der Waals surface area contributed by atoms with Crippen molar-refractivity contribution in [3.8, 4) is 0 Å². The van der Waals surface area contributed by atoms with Gasteiger partial charge < -0.3 is 9.97 Å². The van der Waals surface area contributed by atoms with Gasteiger partial charge in [0.05, 0.1) is 11.0 Å². The van der Waals surface area contributed by atoms with E-state index in [1.54, 1.807) is 0 Å². The van der Waals surface area contributed by atoms with Gasteiger partial charge in [0, 0.05) is 0 Å². The molecule has 3 heteroatoms. The van der Waals surface area contributed by atoms with Gasteiger partial charge in [-0.1, -0.05) is 19.9 Å². The summed E-state index contributed by atoms with van der Waals surface area (Å²) in [5, 5.41) is 0. The lowest BCUT2D eigenvalue weighted by molar-refractivity contribution is 0.648. The van der Waals surface area contributed by atoms with Crippen molar-refractivity contribution in [3.63, 3.8) is 0 Å². The molecular formula is C11H14N2O. The highest BCUT2D eigenvalue weighted by atomic mass is 16.1. The average molecular weight is 190 g/mol. The number of hydrogen-bond acceptors (Lipinski definition) is 1. The van der Waals surface area contributed by atoms with Crippen LogP contribution in [0.3, 0.4) is 0 Å². The molecule has 1 heterocycles. The van der Waals surface area contributed by atoms with E-state index >= 15 is 0 Å². The van der Waals surface area contributed by atoms with Crippen LogP contribution in [-0.2, 0) is 6.42 Å². The highest BCUT2D eigenvalue weighted by Gasteiger charge is 2.01. The zero-order chi connectivity index (χ0) is 10.1. The molecule has 0 atom stereocenters. The Bertz CT molecular complexity index is 493. The molecule has 0 aliphatic carbocycles. The van der Waals surface area contributed by atoms with Crippen molar-refractivity contribution >= 4 is 11.0 Å². The first-order valence-electron chi connectivity index (χ1n) is 4.86. The molecule has 2 aromatic rings. The maximum atomic E-state index is 11.0. The lowest BCUT2D eigenvalue weighted by Gasteiger charge is -2.03. The SMILES string of the molecule is CC(C)Cc1ccc2[nH]c(=O)[nH]c2c1. The van der Waals surface area contributed by atoms with E-state index in [9.17, 15) is 4.79 Å². The molecule has 0 aliphatic heterocycles. The molecule has 0 saturated carbocycles. The van der Waals surface area contributed by atoms with E-state index in [4.69, 9.17) is 0 Å². The fraction of sp³-hybridized carbons (Fsp3) is 0.364. The average Bonchev–Trinajstić information content (AvgIpc) is 2.42. The van der Waals surface area contributed by atoms with Gasteiger partial charge in [-0.15, -0.1) is 0 Å². The minimum Gasteiger partial charge on any atom is -0.306 e. The number of hydrogen-bond donors (Lipinski definition) is 2. The van der Waals surface area contributed by atoms with E-state index in [0.717, 1.165) is 17.5 Å². The summed E-state index contributed by atoms with van der Waals surface area (Å²) in [6.07, 6.45) is 1.04. The van der Waals surface area contributed by atoms with E-state index in [-0.39, 0.29) is 5.69 Å². The largest absolute Gasteiger partial charge is 0.323 e. The van der Waals surface area contributed by atoms with E-state index < -0.39 is 0 Å². The molecule has 0 radical (unpaired) electrons. The molecule has 0 fully saturated rings. The Morgan fingerprint density at radius 3 is 2.64 bits per heavy atom. The number of imidazole rings is 1. The molecule has 1 aromatic carbocycles. The summed E-state index contributed by atoms with van der Waals surface area (Å²) in [5.41, 5.74) is 2.90. The van der Waals surface area contributed by atoms with Crippen molar-refractivity contribution in [1.82, 2.24) is 9.97 Å². The van der Waals surface area contributed by atoms with Crippen LogP contribution < -0.4 is 5.69 Å². The summed E-state index contributed by atoms with van der Waals surface area (Å²) < 4.78 is 0. The van der Waals surface area contributed by atoms with Crippen molar-refractivity contribution in [2.45, 2.75) is 20.3 Å². The minimum atomic E-state index is -0.137. The van der Waals surface area contributed by atoms with Crippen LogP contribution in [-0.4, -0.2) is 9.97 Å². The molecule has 74 valence electrons. The van der Waals surface area contributed by atoms with Crippen molar-refractivity contribution in [2.75, 3.05) is 0 Å². The number of benzene rings is 1. The van der Waals surface area contributed by atoms with E-state index in [1.807, 2.05) is 12.1 Å². The summed E-state index contributed by atoms with van der Waals surface area (Å²) in [5.74, 6) is 0.637. The molecule has 1 aromatic heterocycles. The second-order valence-corrected chi connectivity index (χ2v) is 4.06. The Kier molecular flexibility index (Phi) is 2.15. The monoisotopic (exact) mass is 190 g/mol. The third-order valence-corrected chi connectivity index (χ3v) is 2.22. The van der Waals surface area contributed by atoms with Crippen molar-refractivity contribution in [1.29, 1.82) is 0 Å². The van der Waals surface area contributed by atoms with Crippen molar-refractivity contribution in [3.05, 3.63) is 34.2 Å². The second-order valence-electron chi connectivity index (χ2n) is 4.06. The summed E-state index contributed by atoms with van der Waals surface area (Å²) in [6, 6.07) is 6.05. The first-order chi connectivity index (χ1) is 6.65. The Hall–Kier alpha value is -1.51. The Morgan fingerprint density at radius 2 is 1.93 bits per heavy atom. The van der Waals surface area contributed by atoms with Gasteiger partial charge in [-0.2, -0.15) is 0 Å². The maximum absolute atomic E-state index is 11.0. The number of nitrogens with one attached hydrogen (secondary N) is 2. The molecule has 14 heavy (non-hydrogen) atoms. The zero-order valence-corrected chi connectivity index (χ0v) is 8.42. The van der Waals surface area contributed by atoms with Gasteiger partial charge in [0.1, 0.15) is 0 Å². The molecule has 0 bridgehead atoms. The van der Waals surface area contributed by atoms with Gasteiger partial charge >= 0.3 is 5.69 Å². The van der Waals surface area contributed by atoms with Crippen LogP contribution in [0.2, 0.25) is 0 Å². The second kappa shape index (κ2) is 3.33. The van der Waals surface area contributed by atoms with Crippen LogP contribution in [0.25, 0.3) is 11.0 Å². The van der Waals surface area contributed by atoms with Crippen LogP contribution in [0, 0.1) is 5.92 Å². The fourth-order valence-corrected chi connectivity index (χ4v) is 1.68. The van der Waals surface area contributed by atoms with Crippen LogP contribution in [0.4, 0.5) is 0 Å². The van der Waals surface area contributed by atoms with Gasteiger partial charge in [0.15, 0.2) is 0 Å². The molecular weight excluding hydrogens is 176 g/mol. The fourth-order valence-electron chi connectivity index (χ4n) is 1.68. The first-order valence-corrected chi connectivity index (χ1v) is 4.86. The number of aromatic nitrogens is 2. The van der Waals surface area contributed by atoms with Crippen molar-refractivity contribution < 1.29 is 0 Å². The maximum Gasteiger partial charge on any atom is 0.323 e. The minimum absolute atomic E-state index is 0.137. The predicted octanol–water partition coefficient (Wildman–Crippen LogP) is 2.05.